The molecule has 5 unspecified atom stereocenters. The number of primary amides is 1. The van der Waals surface area contributed by atoms with Gasteiger partial charge in [0.2, 0.25) is 0 Å². The maximum absolute atomic E-state index is 11.3. The Morgan fingerprint density at radius 3 is 1.92 bits per heavy atom. The molecule has 1 aliphatic heterocycles. The monoisotopic (exact) mass is 349 g/mol. The van der Waals surface area contributed by atoms with Gasteiger partial charge in [0.25, 0.3) is 0 Å². The van der Waals surface area contributed by atoms with Crippen LogP contribution in [0.2, 0.25) is 0 Å². The second-order valence-electron chi connectivity index (χ2n) is 4.92. The van der Waals surface area contributed by atoms with Crippen molar-refractivity contribution in [2.24, 2.45) is 5.73 Å². The van der Waals surface area contributed by atoms with Gasteiger partial charge in [-0.3, -0.25) is 14.4 Å². The third kappa shape index (κ3) is 5.66. The molecule has 3 N–H and O–H groups in total. The van der Waals surface area contributed by atoms with E-state index >= 15 is 0 Å². The first-order chi connectivity index (χ1) is 11.1. The molecule has 0 aromatic rings. The molecular weight excluding hydrogens is 330 g/mol. The third-order valence-corrected chi connectivity index (χ3v) is 2.92. The predicted octanol–water partition coefficient (Wildman–Crippen LogP) is -1.41. The first-order valence-electron chi connectivity index (χ1n) is 6.89. The lowest BCUT2D eigenvalue weighted by Gasteiger charge is -2.42. The van der Waals surface area contributed by atoms with E-state index in [0.717, 1.165) is 20.8 Å². The molecule has 1 aliphatic rings. The summed E-state index contributed by atoms with van der Waals surface area (Å²) in [5, 5.41) is 9.98. The van der Waals surface area contributed by atoms with Crippen LogP contribution in [0.15, 0.2) is 0 Å². The van der Waals surface area contributed by atoms with Crippen LogP contribution in [0.4, 0.5) is 4.79 Å². The predicted molar refractivity (Wildman–Crippen MR) is 73.1 cm³/mol. The van der Waals surface area contributed by atoms with E-state index in [-0.39, 0.29) is 0 Å². The Labute approximate surface area is 136 Å². The second kappa shape index (κ2) is 8.45. The highest BCUT2D eigenvalue weighted by molar-refractivity contribution is 5.68. The van der Waals surface area contributed by atoms with Gasteiger partial charge in [0, 0.05) is 20.8 Å². The van der Waals surface area contributed by atoms with Crippen molar-refractivity contribution in [2.75, 3.05) is 6.61 Å². The minimum Gasteiger partial charge on any atom is -0.463 e. The highest BCUT2D eigenvalue weighted by Crippen LogP contribution is 2.27. The van der Waals surface area contributed by atoms with Crippen molar-refractivity contribution in [2.45, 2.75) is 51.5 Å². The summed E-state index contributed by atoms with van der Waals surface area (Å²) in [6.07, 6.45) is -8.45. The lowest BCUT2D eigenvalue weighted by molar-refractivity contribution is -0.292. The van der Waals surface area contributed by atoms with Gasteiger partial charge in [0.05, 0.1) is 0 Å². The summed E-state index contributed by atoms with van der Waals surface area (Å²) in [7, 11) is 0. The van der Waals surface area contributed by atoms with E-state index in [0.29, 0.717) is 0 Å². The van der Waals surface area contributed by atoms with Crippen molar-refractivity contribution in [1.29, 1.82) is 0 Å². The Morgan fingerprint density at radius 2 is 1.46 bits per heavy atom. The van der Waals surface area contributed by atoms with Gasteiger partial charge in [-0.05, 0) is 0 Å². The number of ether oxygens (including phenoxy) is 5. The van der Waals surface area contributed by atoms with E-state index in [4.69, 9.17) is 29.4 Å². The first-order valence-corrected chi connectivity index (χ1v) is 6.89. The fourth-order valence-corrected chi connectivity index (χ4v) is 2.15. The number of esters is 3. The first kappa shape index (κ1) is 19.6. The number of hydrogen-bond acceptors (Lipinski definition) is 10. The maximum Gasteiger partial charge on any atom is 0.405 e. The summed E-state index contributed by atoms with van der Waals surface area (Å²) in [6.45, 7) is 2.87. The van der Waals surface area contributed by atoms with Crippen LogP contribution in [-0.2, 0) is 38.1 Å². The molecule has 0 aromatic heterocycles. The Hall–Kier alpha value is -2.40. The third-order valence-electron chi connectivity index (χ3n) is 2.92. The van der Waals surface area contributed by atoms with Crippen molar-refractivity contribution in [3.63, 3.8) is 0 Å². The number of nitrogens with two attached hydrogens (primary N) is 1. The van der Waals surface area contributed by atoms with E-state index < -0.39 is 61.3 Å². The van der Waals surface area contributed by atoms with E-state index in [9.17, 15) is 24.3 Å². The van der Waals surface area contributed by atoms with Gasteiger partial charge in [-0.1, -0.05) is 0 Å². The fourth-order valence-electron chi connectivity index (χ4n) is 2.15. The topological polar surface area (TPSA) is 161 Å². The lowest BCUT2D eigenvalue weighted by Crippen LogP contribution is -2.62. The van der Waals surface area contributed by atoms with Gasteiger partial charge in [-0.2, -0.15) is 0 Å². The summed E-state index contributed by atoms with van der Waals surface area (Å²) in [4.78, 5) is 44.6. The van der Waals surface area contributed by atoms with Crippen molar-refractivity contribution < 1.29 is 48.0 Å². The molecule has 24 heavy (non-hydrogen) atoms. The molecule has 5 atom stereocenters. The highest BCUT2D eigenvalue weighted by atomic mass is 16.7. The van der Waals surface area contributed by atoms with Crippen LogP contribution in [0.1, 0.15) is 20.8 Å². The van der Waals surface area contributed by atoms with Crippen LogP contribution in [0.5, 0.6) is 0 Å². The Balaban J connectivity index is 3.11. The number of aliphatic hydroxyl groups is 1. The second-order valence-corrected chi connectivity index (χ2v) is 4.92. The molecule has 1 amide bonds. The number of hydrogen-bond donors (Lipinski definition) is 2. The lowest BCUT2D eigenvalue weighted by atomic mass is 9.98. The van der Waals surface area contributed by atoms with Gasteiger partial charge in [0.15, 0.2) is 24.6 Å². The fraction of sp³-hybridized carbons (Fsp3) is 0.692. The number of rotatable bonds is 5. The van der Waals surface area contributed by atoms with Crippen LogP contribution in [0, 0.1) is 0 Å². The number of amides is 1. The molecule has 0 radical (unpaired) electrons. The summed E-state index contributed by atoms with van der Waals surface area (Å²) in [5.41, 5.74) is 4.97. The van der Waals surface area contributed by atoms with E-state index in [1.165, 1.54) is 0 Å². The largest absolute Gasteiger partial charge is 0.463 e. The maximum atomic E-state index is 11.3. The quantitative estimate of drug-likeness (QED) is 0.446. The molecule has 1 fully saturated rings. The van der Waals surface area contributed by atoms with Crippen molar-refractivity contribution in [3.05, 3.63) is 0 Å². The highest BCUT2D eigenvalue weighted by Gasteiger charge is 2.51. The van der Waals surface area contributed by atoms with Crippen LogP contribution >= 0.6 is 0 Å². The molecule has 0 spiro atoms. The van der Waals surface area contributed by atoms with Crippen LogP contribution < -0.4 is 5.73 Å². The number of carbonyl (C=O) groups is 4. The average molecular weight is 349 g/mol. The minimum atomic E-state index is -1.73. The van der Waals surface area contributed by atoms with Gasteiger partial charge in [0.1, 0.15) is 12.7 Å². The summed E-state index contributed by atoms with van der Waals surface area (Å²) >= 11 is 0. The van der Waals surface area contributed by atoms with Crippen molar-refractivity contribution >= 4 is 24.0 Å². The van der Waals surface area contributed by atoms with Gasteiger partial charge in [-0.25, -0.2) is 4.79 Å². The number of carbonyl (C=O) groups excluding carboxylic acids is 4. The average Bonchev–Trinajstić information content (AvgIpc) is 2.42. The summed E-state index contributed by atoms with van der Waals surface area (Å²) in [5.74, 6) is -2.22. The molecule has 11 heteroatoms. The zero-order valence-corrected chi connectivity index (χ0v) is 13.3. The molecule has 0 aromatic carbocycles. The Bertz CT molecular complexity index is 507. The molecular formula is C13H19NO10. The molecule has 1 saturated heterocycles. The smallest absolute Gasteiger partial charge is 0.405 e. The molecule has 0 aliphatic carbocycles. The molecule has 1 heterocycles. The molecule has 1 rings (SSSR count). The van der Waals surface area contributed by atoms with Gasteiger partial charge < -0.3 is 34.5 Å². The zero-order valence-electron chi connectivity index (χ0n) is 13.3. The van der Waals surface area contributed by atoms with Crippen molar-refractivity contribution in [3.8, 4) is 0 Å². The Kier molecular flexibility index (Phi) is 6.92. The van der Waals surface area contributed by atoms with Crippen molar-refractivity contribution in [1.82, 2.24) is 0 Å². The van der Waals surface area contributed by atoms with Crippen LogP contribution in [-0.4, -0.2) is 66.4 Å². The van der Waals surface area contributed by atoms with Crippen LogP contribution in [0.3, 0.4) is 0 Å². The summed E-state index contributed by atoms with van der Waals surface area (Å²) in [6, 6.07) is 0. The van der Waals surface area contributed by atoms with Crippen LogP contribution in [0.25, 0.3) is 0 Å². The standard InChI is InChI=1S/C13H19NO10/c1-5(15)20-4-8-9(21-6(2)16)10(24-13(14)19)11(12(18)23-8)22-7(3)17/h8-12,18H,4H2,1-3H3,(H2,14,19). The molecule has 11 nitrogen and oxygen atoms in total. The zero-order chi connectivity index (χ0) is 18.4. The molecule has 0 saturated carbocycles. The van der Waals surface area contributed by atoms with Gasteiger partial charge in [-0.15, -0.1) is 0 Å². The normalized spacial score (nSPS) is 29.2. The SMILES string of the molecule is CC(=O)OCC1OC(O)C(OC(C)=O)C(OC(N)=O)C1OC(C)=O. The van der Waals surface area contributed by atoms with E-state index in [2.05, 4.69) is 0 Å². The Morgan fingerprint density at radius 1 is 0.917 bits per heavy atom. The number of aliphatic hydroxyl groups excluding tert-OH is 1. The minimum absolute atomic E-state index is 0.407. The molecule has 0 bridgehead atoms. The summed E-state index contributed by atoms with van der Waals surface area (Å²) < 4.78 is 24.6. The van der Waals surface area contributed by atoms with E-state index in [1.807, 2.05) is 0 Å². The van der Waals surface area contributed by atoms with E-state index in [1.54, 1.807) is 0 Å². The van der Waals surface area contributed by atoms with Gasteiger partial charge >= 0.3 is 24.0 Å². The molecule has 136 valence electrons.